The summed E-state index contributed by atoms with van der Waals surface area (Å²) in [6.07, 6.45) is 17.8. The van der Waals surface area contributed by atoms with Gasteiger partial charge in [0.25, 0.3) is 0 Å². The lowest BCUT2D eigenvalue weighted by atomic mass is 10.0. The molecule has 0 amide bonds. The lowest BCUT2D eigenvalue weighted by molar-refractivity contribution is -0.136. The molecule has 0 saturated carbocycles. The molecule has 25 heavy (non-hydrogen) atoms. The van der Waals surface area contributed by atoms with Crippen LogP contribution in [0.15, 0.2) is 11.1 Å². The van der Waals surface area contributed by atoms with Crippen LogP contribution in [-0.2, 0) is 9.59 Å². The maximum atomic E-state index is 11.1. The Labute approximate surface area is 153 Å². The van der Waals surface area contributed by atoms with Crippen molar-refractivity contribution in [3.8, 4) is 0 Å². The second-order valence-electron chi connectivity index (χ2n) is 7.06. The van der Waals surface area contributed by atoms with Gasteiger partial charge in [0, 0.05) is 11.1 Å². The number of carbonyl (C=O) groups is 2. The van der Waals surface area contributed by atoms with E-state index in [0.717, 1.165) is 19.3 Å². The molecular weight excluding hydrogens is 316 g/mol. The SMILES string of the molecule is CCCCCCCCCCCCCCCC/C(C(=O)O)=C(\C)C(=O)O. The van der Waals surface area contributed by atoms with Crippen molar-refractivity contribution in [2.75, 3.05) is 0 Å². The zero-order valence-electron chi connectivity index (χ0n) is 16.3. The van der Waals surface area contributed by atoms with Gasteiger partial charge in [-0.05, 0) is 19.8 Å². The standard InChI is InChI=1S/C21H38O4/c1-3-4-5-6-7-8-9-10-11-12-13-14-15-16-17-19(21(24)25)18(2)20(22)23/h3-17H2,1-2H3,(H,22,23)(H,24,25)/b19-18-. The summed E-state index contributed by atoms with van der Waals surface area (Å²) in [5, 5.41) is 18.0. The van der Waals surface area contributed by atoms with Gasteiger partial charge >= 0.3 is 11.9 Å². The van der Waals surface area contributed by atoms with Gasteiger partial charge in [-0.1, -0.05) is 90.4 Å². The summed E-state index contributed by atoms with van der Waals surface area (Å²) >= 11 is 0. The molecule has 0 aliphatic rings. The van der Waals surface area contributed by atoms with Crippen LogP contribution >= 0.6 is 0 Å². The summed E-state index contributed by atoms with van der Waals surface area (Å²) in [6, 6.07) is 0. The smallest absolute Gasteiger partial charge is 0.332 e. The molecule has 0 atom stereocenters. The molecule has 0 aromatic carbocycles. The van der Waals surface area contributed by atoms with E-state index in [0.29, 0.717) is 6.42 Å². The van der Waals surface area contributed by atoms with Crippen molar-refractivity contribution in [1.82, 2.24) is 0 Å². The minimum Gasteiger partial charge on any atom is -0.478 e. The van der Waals surface area contributed by atoms with E-state index in [1.807, 2.05) is 0 Å². The lowest BCUT2D eigenvalue weighted by Crippen LogP contribution is -2.09. The Morgan fingerprint density at radius 2 is 0.960 bits per heavy atom. The predicted octanol–water partition coefficient (Wildman–Crippen LogP) is 6.34. The average Bonchev–Trinajstić information content (AvgIpc) is 2.57. The number of unbranched alkanes of at least 4 members (excludes halogenated alkanes) is 13. The molecule has 0 saturated heterocycles. The summed E-state index contributed by atoms with van der Waals surface area (Å²) in [6.45, 7) is 3.62. The molecule has 0 rings (SSSR count). The van der Waals surface area contributed by atoms with Crippen LogP contribution in [0.3, 0.4) is 0 Å². The summed E-state index contributed by atoms with van der Waals surface area (Å²) in [4.78, 5) is 22.0. The molecule has 0 unspecified atom stereocenters. The van der Waals surface area contributed by atoms with Gasteiger partial charge in [-0.25, -0.2) is 9.59 Å². The van der Waals surface area contributed by atoms with Gasteiger partial charge < -0.3 is 10.2 Å². The second kappa shape index (κ2) is 16.2. The molecule has 0 aliphatic carbocycles. The van der Waals surface area contributed by atoms with E-state index in [2.05, 4.69) is 6.92 Å². The monoisotopic (exact) mass is 354 g/mol. The Morgan fingerprint density at radius 3 is 1.28 bits per heavy atom. The van der Waals surface area contributed by atoms with Gasteiger partial charge in [-0.3, -0.25) is 0 Å². The molecule has 146 valence electrons. The topological polar surface area (TPSA) is 74.6 Å². The van der Waals surface area contributed by atoms with Crippen LogP contribution < -0.4 is 0 Å². The minimum absolute atomic E-state index is 0.0396. The highest BCUT2D eigenvalue weighted by atomic mass is 16.4. The molecule has 0 aromatic rings. The van der Waals surface area contributed by atoms with Gasteiger partial charge in [0.05, 0.1) is 0 Å². The Balaban J connectivity index is 3.51. The van der Waals surface area contributed by atoms with Crippen LogP contribution in [-0.4, -0.2) is 22.2 Å². The molecule has 0 spiro atoms. The number of rotatable bonds is 17. The van der Waals surface area contributed by atoms with Crippen LogP contribution in [0.4, 0.5) is 0 Å². The van der Waals surface area contributed by atoms with Crippen LogP contribution in [0.2, 0.25) is 0 Å². The van der Waals surface area contributed by atoms with Crippen molar-refractivity contribution >= 4 is 11.9 Å². The highest BCUT2D eigenvalue weighted by molar-refractivity contribution is 5.98. The van der Waals surface area contributed by atoms with Gasteiger partial charge in [0.2, 0.25) is 0 Å². The third-order valence-corrected chi connectivity index (χ3v) is 4.81. The van der Waals surface area contributed by atoms with E-state index >= 15 is 0 Å². The third kappa shape index (κ3) is 13.6. The minimum atomic E-state index is -1.14. The lowest BCUT2D eigenvalue weighted by Gasteiger charge is -2.06. The first-order chi connectivity index (χ1) is 12.0. The number of carboxylic acid groups (broad SMARTS) is 2. The first-order valence-electron chi connectivity index (χ1n) is 10.2. The molecule has 0 radical (unpaired) electrons. The average molecular weight is 355 g/mol. The Bertz CT molecular complexity index is 399. The molecule has 2 N–H and O–H groups in total. The summed E-state index contributed by atoms with van der Waals surface area (Å²) in [7, 11) is 0. The van der Waals surface area contributed by atoms with Crippen LogP contribution in [0.1, 0.15) is 110 Å². The second-order valence-corrected chi connectivity index (χ2v) is 7.06. The molecule has 4 heteroatoms. The van der Waals surface area contributed by atoms with Gasteiger partial charge in [-0.15, -0.1) is 0 Å². The fourth-order valence-corrected chi connectivity index (χ4v) is 3.08. The number of hydrogen-bond acceptors (Lipinski definition) is 2. The highest BCUT2D eigenvalue weighted by Crippen LogP contribution is 2.17. The molecule has 0 aliphatic heterocycles. The fraction of sp³-hybridized carbons (Fsp3) is 0.810. The van der Waals surface area contributed by atoms with Crippen molar-refractivity contribution in [1.29, 1.82) is 0 Å². The Hall–Kier alpha value is -1.32. The predicted molar refractivity (Wildman–Crippen MR) is 103 cm³/mol. The molecule has 0 bridgehead atoms. The quantitative estimate of drug-likeness (QED) is 0.236. The third-order valence-electron chi connectivity index (χ3n) is 4.81. The molecule has 0 aromatic heterocycles. The molecule has 0 heterocycles. The van der Waals surface area contributed by atoms with Crippen molar-refractivity contribution in [3.05, 3.63) is 11.1 Å². The maximum absolute atomic E-state index is 11.1. The van der Waals surface area contributed by atoms with Gasteiger partial charge in [0.15, 0.2) is 0 Å². The molecule has 0 fully saturated rings. The van der Waals surface area contributed by atoms with Crippen molar-refractivity contribution in [2.45, 2.75) is 110 Å². The first-order valence-corrected chi connectivity index (χ1v) is 10.2. The van der Waals surface area contributed by atoms with Crippen molar-refractivity contribution in [3.63, 3.8) is 0 Å². The largest absolute Gasteiger partial charge is 0.478 e. The normalized spacial score (nSPS) is 12.1. The van der Waals surface area contributed by atoms with Gasteiger partial charge in [0.1, 0.15) is 0 Å². The van der Waals surface area contributed by atoms with E-state index in [1.54, 1.807) is 0 Å². The van der Waals surface area contributed by atoms with E-state index in [4.69, 9.17) is 10.2 Å². The van der Waals surface area contributed by atoms with E-state index < -0.39 is 11.9 Å². The van der Waals surface area contributed by atoms with E-state index in [1.165, 1.54) is 77.6 Å². The van der Waals surface area contributed by atoms with E-state index in [9.17, 15) is 9.59 Å². The molecule has 4 nitrogen and oxygen atoms in total. The number of carboxylic acids is 2. The summed E-state index contributed by atoms with van der Waals surface area (Å²) in [5.74, 6) is -2.24. The zero-order valence-corrected chi connectivity index (χ0v) is 16.3. The van der Waals surface area contributed by atoms with Crippen LogP contribution in [0.5, 0.6) is 0 Å². The van der Waals surface area contributed by atoms with Gasteiger partial charge in [-0.2, -0.15) is 0 Å². The zero-order chi connectivity index (χ0) is 18.9. The summed E-state index contributed by atoms with van der Waals surface area (Å²) in [5.41, 5.74) is 0.00799. The van der Waals surface area contributed by atoms with Crippen molar-refractivity contribution < 1.29 is 19.8 Å². The molecular formula is C21H38O4. The maximum Gasteiger partial charge on any atom is 0.332 e. The van der Waals surface area contributed by atoms with Crippen LogP contribution in [0, 0.1) is 0 Å². The summed E-state index contributed by atoms with van der Waals surface area (Å²) < 4.78 is 0. The highest BCUT2D eigenvalue weighted by Gasteiger charge is 2.15. The first kappa shape index (κ1) is 23.7. The van der Waals surface area contributed by atoms with Crippen molar-refractivity contribution in [2.24, 2.45) is 0 Å². The Morgan fingerprint density at radius 1 is 0.600 bits per heavy atom. The van der Waals surface area contributed by atoms with Crippen LogP contribution in [0.25, 0.3) is 0 Å². The fourth-order valence-electron chi connectivity index (χ4n) is 3.08. The Kier molecular flexibility index (Phi) is 15.3. The number of hydrogen-bond donors (Lipinski definition) is 2. The van der Waals surface area contributed by atoms with E-state index in [-0.39, 0.29) is 11.1 Å². The number of aliphatic carboxylic acids is 2.